The molecule has 5 unspecified atom stereocenters. The van der Waals surface area contributed by atoms with Gasteiger partial charge in [-0.05, 0) is 48.9 Å². The molecule has 2 aliphatic carbocycles. The second-order valence-corrected chi connectivity index (χ2v) is 7.63. The second-order valence-electron chi connectivity index (χ2n) is 7.63. The Kier molecular flexibility index (Phi) is 4.32. The molecule has 2 N–H and O–H groups in total. The van der Waals surface area contributed by atoms with Crippen molar-refractivity contribution in [3.05, 3.63) is 0 Å². The molecule has 0 radical (unpaired) electrons. The third-order valence-corrected chi connectivity index (χ3v) is 6.55. The molecule has 2 nitrogen and oxygen atoms in total. The lowest BCUT2D eigenvalue weighted by molar-refractivity contribution is -0.0954. The van der Waals surface area contributed by atoms with E-state index in [-0.39, 0.29) is 12.1 Å². The summed E-state index contributed by atoms with van der Waals surface area (Å²) in [6.45, 7) is 11.8. The van der Waals surface area contributed by atoms with E-state index in [0.29, 0.717) is 16.9 Å². The molecule has 0 amide bonds. The molecule has 0 saturated heterocycles. The zero-order valence-corrected chi connectivity index (χ0v) is 13.5. The fourth-order valence-corrected chi connectivity index (χ4v) is 4.57. The maximum Gasteiger partial charge on any atom is 0.0727 e. The van der Waals surface area contributed by atoms with E-state index in [1.165, 1.54) is 19.3 Å². The smallest absolute Gasteiger partial charge is 0.0727 e. The summed E-state index contributed by atoms with van der Waals surface area (Å²) < 4.78 is 6.52. The normalized spacial score (nSPS) is 39.5. The summed E-state index contributed by atoms with van der Waals surface area (Å²) in [4.78, 5) is 0. The Balaban J connectivity index is 2.04. The van der Waals surface area contributed by atoms with Crippen molar-refractivity contribution in [2.45, 2.75) is 91.4 Å². The number of nitrogens with two attached hydrogens (primary N) is 1. The lowest BCUT2D eigenvalue weighted by Gasteiger charge is -2.41. The van der Waals surface area contributed by atoms with Crippen LogP contribution in [0.2, 0.25) is 0 Å². The molecule has 112 valence electrons. The zero-order valence-electron chi connectivity index (χ0n) is 13.5. The first-order valence-corrected chi connectivity index (χ1v) is 8.27. The van der Waals surface area contributed by atoms with E-state index in [4.69, 9.17) is 10.5 Å². The number of hydrogen-bond acceptors (Lipinski definition) is 2. The number of rotatable bonds is 6. The van der Waals surface area contributed by atoms with Gasteiger partial charge in [0.1, 0.15) is 0 Å². The van der Waals surface area contributed by atoms with Gasteiger partial charge in [0.15, 0.2) is 0 Å². The molecule has 2 heteroatoms. The molecule has 0 aromatic carbocycles. The van der Waals surface area contributed by atoms with Crippen LogP contribution in [0.4, 0.5) is 0 Å². The topological polar surface area (TPSA) is 35.2 Å². The van der Waals surface area contributed by atoms with Crippen LogP contribution in [-0.2, 0) is 4.74 Å². The third kappa shape index (κ3) is 2.35. The lowest BCUT2D eigenvalue weighted by atomic mass is 9.70. The molecule has 2 aliphatic rings. The third-order valence-electron chi connectivity index (χ3n) is 6.55. The van der Waals surface area contributed by atoms with Crippen LogP contribution < -0.4 is 5.73 Å². The summed E-state index contributed by atoms with van der Waals surface area (Å²) in [6.07, 6.45) is 7.91. The van der Waals surface area contributed by atoms with Gasteiger partial charge in [0, 0.05) is 6.04 Å². The molecule has 2 saturated carbocycles. The Bertz CT molecular complexity index is 314. The standard InChI is InChI=1S/C17H33NO/c1-6-8-13(18)14(7-2)19-15-11-12-9-10-17(15,5)16(12,3)4/h12-15H,6-11,18H2,1-5H3. The van der Waals surface area contributed by atoms with Crippen LogP contribution in [0, 0.1) is 16.7 Å². The quantitative estimate of drug-likeness (QED) is 0.785. The molecule has 0 aliphatic heterocycles. The van der Waals surface area contributed by atoms with Crippen molar-refractivity contribution in [3.63, 3.8) is 0 Å². The van der Waals surface area contributed by atoms with Gasteiger partial charge >= 0.3 is 0 Å². The first-order chi connectivity index (χ1) is 8.86. The predicted octanol–water partition coefficient (Wildman–Crippen LogP) is 4.12. The van der Waals surface area contributed by atoms with Crippen LogP contribution in [0.1, 0.15) is 73.1 Å². The van der Waals surface area contributed by atoms with Gasteiger partial charge < -0.3 is 10.5 Å². The minimum Gasteiger partial charge on any atom is -0.373 e. The second kappa shape index (κ2) is 5.37. The Hall–Kier alpha value is -0.0800. The van der Waals surface area contributed by atoms with Crippen LogP contribution in [0.5, 0.6) is 0 Å². The molecule has 2 rings (SSSR count). The van der Waals surface area contributed by atoms with E-state index in [9.17, 15) is 0 Å². The van der Waals surface area contributed by atoms with Gasteiger partial charge in [0.05, 0.1) is 12.2 Å². The van der Waals surface area contributed by atoms with Crippen molar-refractivity contribution in [1.29, 1.82) is 0 Å². The average molecular weight is 267 g/mol. The van der Waals surface area contributed by atoms with E-state index in [2.05, 4.69) is 34.6 Å². The summed E-state index contributed by atoms with van der Waals surface area (Å²) >= 11 is 0. The summed E-state index contributed by atoms with van der Waals surface area (Å²) in [5, 5.41) is 0. The van der Waals surface area contributed by atoms with E-state index in [1.54, 1.807) is 0 Å². The molecule has 0 aromatic heterocycles. The molecule has 0 aromatic rings. The Morgan fingerprint density at radius 2 is 1.95 bits per heavy atom. The molecule has 0 heterocycles. The summed E-state index contributed by atoms with van der Waals surface area (Å²) in [5.74, 6) is 0.849. The van der Waals surface area contributed by atoms with Crippen molar-refractivity contribution in [1.82, 2.24) is 0 Å². The van der Waals surface area contributed by atoms with Crippen LogP contribution in [0.3, 0.4) is 0 Å². The van der Waals surface area contributed by atoms with Crippen molar-refractivity contribution >= 4 is 0 Å². The maximum absolute atomic E-state index is 6.52. The van der Waals surface area contributed by atoms with E-state index in [1.807, 2.05) is 0 Å². The van der Waals surface area contributed by atoms with Gasteiger partial charge in [-0.25, -0.2) is 0 Å². The fourth-order valence-electron chi connectivity index (χ4n) is 4.57. The Morgan fingerprint density at radius 1 is 1.26 bits per heavy atom. The molecular weight excluding hydrogens is 234 g/mol. The highest BCUT2D eigenvalue weighted by Crippen LogP contribution is 2.66. The van der Waals surface area contributed by atoms with Crippen molar-refractivity contribution in [2.75, 3.05) is 0 Å². The van der Waals surface area contributed by atoms with Crippen LogP contribution in [0.15, 0.2) is 0 Å². The summed E-state index contributed by atoms with van der Waals surface area (Å²) in [7, 11) is 0. The SMILES string of the molecule is CCCC(N)C(CC)OC1CC2CCC1(C)C2(C)C. The van der Waals surface area contributed by atoms with Crippen molar-refractivity contribution < 1.29 is 4.74 Å². The minimum atomic E-state index is 0.209. The first-order valence-electron chi connectivity index (χ1n) is 8.27. The summed E-state index contributed by atoms with van der Waals surface area (Å²) in [5.41, 5.74) is 7.09. The van der Waals surface area contributed by atoms with Gasteiger partial charge in [-0.15, -0.1) is 0 Å². The van der Waals surface area contributed by atoms with Gasteiger partial charge in [-0.3, -0.25) is 0 Å². The van der Waals surface area contributed by atoms with Gasteiger partial charge in [-0.1, -0.05) is 41.0 Å². The number of fused-ring (bicyclic) bond motifs is 2. The molecular formula is C17H33NO. The van der Waals surface area contributed by atoms with E-state index >= 15 is 0 Å². The highest BCUT2D eigenvalue weighted by molar-refractivity contribution is 5.11. The van der Waals surface area contributed by atoms with Crippen LogP contribution >= 0.6 is 0 Å². The maximum atomic E-state index is 6.52. The Labute approximate surface area is 119 Å². The van der Waals surface area contributed by atoms with Gasteiger partial charge in [-0.2, -0.15) is 0 Å². The lowest BCUT2D eigenvalue weighted by Crippen LogP contribution is -2.44. The highest BCUT2D eigenvalue weighted by Gasteiger charge is 2.62. The largest absolute Gasteiger partial charge is 0.373 e. The van der Waals surface area contributed by atoms with Crippen LogP contribution in [-0.4, -0.2) is 18.2 Å². The Morgan fingerprint density at radius 3 is 2.37 bits per heavy atom. The van der Waals surface area contributed by atoms with Crippen molar-refractivity contribution in [3.8, 4) is 0 Å². The van der Waals surface area contributed by atoms with Crippen molar-refractivity contribution in [2.24, 2.45) is 22.5 Å². The average Bonchev–Trinajstić information content (AvgIpc) is 2.68. The predicted molar refractivity (Wildman–Crippen MR) is 81.1 cm³/mol. The molecule has 2 bridgehead atoms. The monoisotopic (exact) mass is 267 g/mol. The molecule has 5 atom stereocenters. The first kappa shape index (κ1) is 15.3. The van der Waals surface area contributed by atoms with E-state index < -0.39 is 0 Å². The highest BCUT2D eigenvalue weighted by atomic mass is 16.5. The van der Waals surface area contributed by atoms with Gasteiger partial charge in [0.2, 0.25) is 0 Å². The van der Waals surface area contributed by atoms with Gasteiger partial charge in [0.25, 0.3) is 0 Å². The number of ether oxygens (including phenoxy) is 1. The fraction of sp³-hybridized carbons (Fsp3) is 1.00. The number of hydrogen-bond donors (Lipinski definition) is 1. The minimum absolute atomic E-state index is 0.209. The zero-order chi connectivity index (χ0) is 14.3. The van der Waals surface area contributed by atoms with E-state index in [0.717, 1.165) is 25.2 Å². The molecule has 19 heavy (non-hydrogen) atoms. The molecule has 0 spiro atoms. The van der Waals surface area contributed by atoms with Crippen LogP contribution in [0.25, 0.3) is 0 Å². The summed E-state index contributed by atoms with van der Waals surface area (Å²) in [6, 6.07) is 0.209. The molecule has 2 fully saturated rings.